The van der Waals surface area contributed by atoms with Gasteiger partial charge in [-0.1, -0.05) is 0 Å². The van der Waals surface area contributed by atoms with E-state index >= 15 is 0 Å². The zero-order chi connectivity index (χ0) is 11.7. The van der Waals surface area contributed by atoms with Crippen LogP contribution in [-0.2, 0) is 0 Å². The summed E-state index contributed by atoms with van der Waals surface area (Å²) < 4.78 is 0. The van der Waals surface area contributed by atoms with Gasteiger partial charge in [0.05, 0.1) is 15.7 Å². The Balaban J connectivity index is 2.45. The van der Waals surface area contributed by atoms with Gasteiger partial charge in [0.1, 0.15) is 6.07 Å². The predicted molar refractivity (Wildman–Crippen MR) is 61.7 cm³/mol. The lowest BCUT2D eigenvalue weighted by Crippen LogP contribution is -2.10. The lowest BCUT2D eigenvalue weighted by molar-refractivity contribution is -0.389. The van der Waals surface area contributed by atoms with Crippen molar-refractivity contribution in [2.75, 3.05) is 10.8 Å². The van der Waals surface area contributed by atoms with Crippen molar-refractivity contribution in [2.24, 2.45) is 0 Å². The predicted octanol–water partition coefficient (Wildman–Crippen LogP) is 2.55. The van der Waals surface area contributed by atoms with E-state index < -0.39 is 9.85 Å². The number of rotatable bonds is 3. The normalized spacial score (nSPS) is 14.4. The van der Waals surface area contributed by atoms with Gasteiger partial charge in [0.15, 0.2) is 5.00 Å². The molecule has 0 spiro atoms. The Morgan fingerprint density at radius 2 is 2.06 bits per heavy atom. The maximum atomic E-state index is 10.7. The van der Waals surface area contributed by atoms with Crippen LogP contribution in [0, 0.1) is 20.2 Å². The fourth-order valence-electron chi connectivity index (χ4n) is 1.20. The molecule has 0 unspecified atom stereocenters. The summed E-state index contributed by atoms with van der Waals surface area (Å²) in [7, 11) is 0. The number of hydrogen-bond acceptors (Lipinski definition) is 7. The first-order valence-electron chi connectivity index (χ1n) is 4.07. The van der Waals surface area contributed by atoms with Crippen LogP contribution >= 0.6 is 23.1 Å². The maximum Gasteiger partial charge on any atom is 0.333 e. The minimum Gasteiger partial charge on any atom is -0.323 e. The highest BCUT2D eigenvalue weighted by Crippen LogP contribution is 2.43. The third-order valence-corrected chi connectivity index (χ3v) is 3.72. The highest BCUT2D eigenvalue weighted by molar-refractivity contribution is 8.02. The average Bonchev–Trinajstić information content (AvgIpc) is 2.86. The van der Waals surface area contributed by atoms with Crippen molar-refractivity contribution < 1.29 is 9.85 Å². The van der Waals surface area contributed by atoms with Crippen molar-refractivity contribution >= 4 is 38.8 Å². The van der Waals surface area contributed by atoms with Gasteiger partial charge in [-0.05, 0) is 16.7 Å². The summed E-state index contributed by atoms with van der Waals surface area (Å²) in [5.74, 6) is 0.540. The number of nitro groups is 2. The minimum atomic E-state index is -0.617. The van der Waals surface area contributed by atoms with Crippen molar-refractivity contribution in [1.29, 1.82) is 0 Å². The van der Waals surface area contributed by atoms with E-state index in [4.69, 9.17) is 0 Å². The van der Waals surface area contributed by atoms with Crippen LogP contribution in [0.25, 0.3) is 0 Å². The van der Waals surface area contributed by atoms with Crippen LogP contribution in [-0.4, -0.2) is 15.7 Å². The van der Waals surface area contributed by atoms with Crippen LogP contribution in [0.1, 0.15) is 0 Å². The molecule has 0 fully saturated rings. The van der Waals surface area contributed by atoms with Gasteiger partial charge >= 0.3 is 10.7 Å². The van der Waals surface area contributed by atoms with E-state index in [-0.39, 0.29) is 10.7 Å². The smallest absolute Gasteiger partial charge is 0.323 e. The molecular formula is C7H5N3O4S2. The monoisotopic (exact) mass is 259 g/mol. The lowest BCUT2D eigenvalue weighted by atomic mass is 10.4. The Labute approximate surface area is 97.7 Å². The Morgan fingerprint density at radius 3 is 2.56 bits per heavy atom. The Hall–Kier alpha value is -1.61. The molecule has 2 heterocycles. The molecule has 1 aliphatic rings. The first kappa shape index (κ1) is 10.9. The van der Waals surface area contributed by atoms with Crippen LogP contribution in [0.2, 0.25) is 0 Å². The SMILES string of the molecule is O=[N+]([O-])c1cc([N+](=O)[O-])c(N2C=CSC2)s1. The molecule has 16 heavy (non-hydrogen) atoms. The summed E-state index contributed by atoms with van der Waals surface area (Å²) in [6, 6.07) is 0.997. The van der Waals surface area contributed by atoms with Gasteiger partial charge in [0.25, 0.3) is 0 Å². The summed E-state index contributed by atoms with van der Waals surface area (Å²) in [6.07, 6.45) is 1.67. The highest BCUT2D eigenvalue weighted by Gasteiger charge is 2.28. The molecule has 0 atom stereocenters. The highest BCUT2D eigenvalue weighted by atomic mass is 32.2. The van der Waals surface area contributed by atoms with Crippen LogP contribution in [0.5, 0.6) is 0 Å². The molecule has 0 aromatic carbocycles. The first-order valence-corrected chi connectivity index (χ1v) is 5.93. The first-order chi connectivity index (χ1) is 7.59. The molecule has 0 radical (unpaired) electrons. The number of nitrogens with zero attached hydrogens (tertiary/aromatic N) is 3. The second-order valence-electron chi connectivity index (χ2n) is 2.84. The lowest BCUT2D eigenvalue weighted by Gasteiger charge is -2.09. The molecule has 0 saturated carbocycles. The summed E-state index contributed by atoms with van der Waals surface area (Å²) >= 11 is 2.29. The Morgan fingerprint density at radius 1 is 1.31 bits per heavy atom. The molecule has 0 bridgehead atoms. The fraction of sp³-hybridized carbons (Fsp3) is 0.143. The zero-order valence-electron chi connectivity index (χ0n) is 7.73. The van der Waals surface area contributed by atoms with Crippen molar-refractivity contribution in [3.8, 4) is 0 Å². The largest absolute Gasteiger partial charge is 0.333 e. The third kappa shape index (κ3) is 1.86. The topological polar surface area (TPSA) is 89.5 Å². The van der Waals surface area contributed by atoms with E-state index in [1.165, 1.54) is 11.8 Å². The summed E-state index contributed by atoms with van der Waals surface area (Å²) in [5, 5.41) is 23.2. The minimum absolute atomic E-state index is 0.216. The van der Waals surface area contributed by atoms with Crippen LogP contribution in [0.3, 0.4) is 0 Å². The van der Waals surface area contributed by atoms with Gasteiger partial charge < -0.3 is 4.90 Å². The van der Waals surface area contributed by atoms with E-state index in [0.29, 0.717) is 10.9 Å². The van der Waals surface area contributed by atoms with Gasteiger partial charge in [-0.15, -0.1) is 11.8 Å². The van der Waals surface area contributed by atoms with E-state index in [9.17, 15) is 20.2 Å². The Kier molecular flexibility index (Phi) is 2.79. The molecule has 1 aliphatic heterocycles. The van der Waals surface area contributed by atoms with Crippen LogP contribution in [0.15, 0.2) is 17.7 Å². The van der Waals surface area contributed by atoms with E-state index in [0.717, 1.165) is 17.4 Å². The van der Waals surface area contributed by atoms with Crippen molar-refractivity contribution in [3.63, 3.8) is 0 Å². The second kappa shape index (κ2) is 4.10. The van der Waals surface area contributed by atoms with Crippen molar-refractivity contribution in [2.45, 2.75) is 0 Å². The average molecular weight is 259 g/mol. The number of thiophene rings is 1. The molecule has 0 N–H and O–H groups in total. The molecule has 1 aromatic heterocycles. The van der Waals surface area contributed by atoms with Gasteiger partial charge in [-0.2, -0.15) is 0 Å². The van der Waals surface area contributed by atoms with Gasteiger partial charge in [-0.3, -0.25) is 20.2 Å². The summed E-state index contributed by atoms with van der Waals surface area (Å²) in [6.45, 7) is 0. The number of anilines is 1. The molecule has 84 valence electrons. The molecule has 0 aliphatic carbocycles. The van der Waals surface area contributed by atoms with Gasteiger partial charge in [0, 0.05) is 6.20 Å². The quantitative estimate of drug-likeness (QED) is 0.612. The van der Waals surface area contributed by atoms with Crippen LogP contribution < -0.4 is 4.90 Å². The second-order valence-corrected chi connectivity index (χ2v) is 4.71. The standard InChI is InChI=1S/C7H5N3O4S2/c11-9(12)5-3-6(10(13)14)16-7(5)8-1-2-15-4-8/h1-3H,4H2. The third-order valence-electron chi connectivity index (χ3n) is 1.87. The van der Waals surface area contributed by atoms with Gasteiger partial charge in [-0.25, -0.2) is 0 Å². The van der Waals surface area contributed by atoms with Crippen molar-refractivity contribution in [3.05, 3.63) is 37.9 Å². The zero-order valence-corrected chi connectivity index (χ0v) is 9.36. The Bertz CT molecular complexity index is 484. The molecule has 7 nitrogen and oxygen atoms in total. The van der Waals surface area contributed by atoms with E-state index in [1.807, 2.05) is 0 Å². The summed E-state index contributed by atoms with van der Waals surface area (Å²) in [4.78, 5) is 21.7. The van der Waals surface area contributed by atoms with Crippen LogP contribution in [0.4, 0.5) is 15.7 Å². The molecule has 0 saturated heterocycles. The number of thioether (sulfide) groups is 1. The van der Waals surface area contributed by atoms with E-state index in [2.05, 4.69) is 0 Å². The molecular weight excluding hydrogens is 254 g/mol. The molecule has 1 aromatic rings. The fourth-order valence-corrected chi connectivity index (χ4v) is 2.90. The molecule has 2 rings (SSSR count). The number of hydrogen-bond donors (Lipinski definition) is 0. The van der Waals surface area contributed by atoms with E-state index in [1.54, 1.807) is 16.5 Å². The molecule has 0 amide bonds. The van der Waals surface area contributed by atoms with Gasteiger partial charge in [0.2, 0.25) is 0 Å². The van der Waals surface area contributed by atoms with Crippen molar-refractivity contribution in [1.82, 2.24) is 0 Å². The maximum absolute atomic E-state index is 10.7. The molecule has 9 heteroatoms. The summed E-state index contributed by atoms with van der Waals surface area (Å²) in [5.41, 5.74) is -0.219.